The van der Waals surface area contributed by atoms with Crippen LogP contribution in [0.2, 0.25) is 0 Å². The maximum Gasteiger partial charge on any atom is 0.0897 e. The number of nitrogens with zero attached hydrogens (tertiary/aromatic N) is 3. The predicted octanol–water partition coefficient (Wildman–Crippen LogP) is 3.24. The third-order valence-electron chi connectivity index (χ3n) is 3.11. The van der Waals surface area contributed by atoms with Crippen molar-refractivity contribution >= 4 is 27.3 Å². The molecule has 0 saturated carbocycles. The van der Waals surface area contributed by atoms with Crippen molar-refractivity contribution in [1.29, 1.82) is 0 Å². The minimum Gasteiger partial charge on any atom is -0.323 e. The molecule has 2 rings (SSSR count). The van der Waals surface area contributed by atoms with Gasteiger partial charge in [0.1, 0.15) is 0 Å². The summed E-state index contributed by atoms with van der Waals surface area (Å²) in [5.41, 5.74) is 8.57. The van der Waals surface area contributed by atoms with E-state index in [0.717, 1.165) is 39.4 Å². The molecule has 104 valence electrons. The second-order valence-corrected chi connectivity index (χ2v) is 6.53. The monoisotopic (exact) mass is 342 g/mol. The third-order valence-corrected chi connectivity index (χ3v) is 5.07. The van der Waals surface area contributed by atoms with E-state index in [9.17, 15) is 0 Å². The van der Waals surface area contributed by atoms with Crippen LogP contribution in [0, 0.1) is 6.92 Å². The Labute approximate surface area is 126 Å². The summed E-state index contributed by atoms with van der Waals surface area (Å²) in [6.07, 6.45) is 3.59. The van der Waals surface area contributed by atoms with Crippen LogP contribution in [-0.2, 0) is 19.4 Å². The first kappa shape index (κ1) is 14.7. The number of rotatable bonds is 5. The van der Waals surface area contributed by atoms with E-state index in [1.165, 1.54) is 5.69 Å². The van der Waals surface area contributed by atoms with Crippen LogP contribution in [0.1, 0.15) is 41.2 Å². The lowest BCUT2D eigenvalue weighted by Gasteiger charge is -2.11. The van der Waals surface area contributed by atoms with E-state index < -0.39 is 0 Å². The van der Waals surface area contributed by atoms with Gasteiger partial charge in [-0.05, 0) is 36.2 Å². The molecule has 0 fully saturated rings. The highest BCUT2D eigenvalue weighted by Crippen LogP contribution is 2.28. The van der Waals surface area contributed by atoms with Gasteiger partial charge < -0.3 is 5.73 Å². The summed E-state index contributed by atoms with van der Waals surface area (Å²) < 4.78 is 3.14. The highest BCUT2D eigenvalue weighted by molar-refractivity contribution is 9.10. The summed E-state index contributed by atoms with van der Waals surface area (Å²) >= 11 is 5.32. The molecule has 2 N–H and O–H groups in total. The van der Waals surface area contributed by atoms with E-state index >= 15 is 0 Å². The fourth-order valence-electron chi connectivity index (χ4n) is 2.07. The molecule has 0 radical (unpaired) electrons. The number of aryl methyl sites for hydroxylation is 3. The quantitative estimate of drug-likeness (QED) is 0.907. The first-order valence-corrected chi connectivity index (χ1v) is 8.09. The fourth-order valence-corrected chi connectivity index (χ4v) is 3.58. The zero-order valence-corrected chi connectivity index (χ0v) is 13.9. The van der Waals surface area contributed by atoms with Crippen LogP contribution in [0.4, 0.5) is 0 Å². The average Bonchev–Trinajstić information content (AvgIpc) is 2.95. The van der Waals surface area contributed by atoms with Crippen molar-refractivity contribution < 1.29 is 0 Å². The van der Waals surface area contributed by atoms with Gasteiger partial charge in [0.15, 0.2) is 0 Å². The van der Waals surface area contributed by atoms with Gasteiger partial charge in [0.05, 0.1) is 20.9 Å². The third kappa shape index (κ3) is 3.07. The summed E-state index contributed by atoms with van der Waals surface area (Å²) in [5.74, 6) is 0. The molecule has 0 spiro atoms. The minimum absolute atomic E-state index is 0.0193. The summed E-state index contributed by atoms with van der Waals surface area (Å²) in [4.78, 5) is 5.40. The molecule has 0 aromatic carbocycles. The first-order chi connectivity index (χ1) is 9.06. The van der Waals surface area contributed by atoms with Gasteiger partial charge in [0, 0.05) is 30.1 Å². The van der Waals surface area contributed by atoms with Crippen LogP contribution in [0.25, 0.3) is 0 Å². The van der Waals surface area contributed by atoms with Crippen molar-refractivity contribution in [2.45, 2.75) is 46.2 Å². The zero-order chi connectivity index (χ0) is 14.0. The molecule has 0 aliphatic carbocycles. The lowest BCUT2D eigenvalue weighted by molar-refractivity contribution is 0.587. The Balaban J connectivity index is 2.25. The van der Waals surface area contributed by atoms with Crippen LogP contribution >= 0.6 is 27.3 Å². The highest BCUT2D eigenvalue weighted by Gasteiger charge is 2.18. The molecular weight excluding hydrogens is 324 g/mol. The Morgan fingerprint density at radius 2 is 2.21 bits per heavy atom. The number of nitrogens with two attached hydrogens (primary N) is 1. The van der Waals surface area contributed by atoms with E-state index in [4.69, 9.17) is 5.73 Å². The molecule has 1 unspecified atom stereocenters. The second-order valence-electron chi connectivity index (χ2n) is 4.47. The molecule has 1 atom stereocenters. The van der Waals surface area contributed by atoms with Gasteiger partial charge in [-0.15, -0.1) is 11.3 Å². The predicted molar refractivity (Wildman–Crippen MR) is 82.5 cm³/mol. The Kier molecular flexibility index (Phi) is 4.76. The van der Waals surface area contributed by atoms with Crippen LogP contribution in [-0.4, -0.2) is 14.8 Å². The Morgan fingerprint density at radius 1 is 1.47 bits per heavy atom. The van der Waals surface area contributed by atoms with Gasteiger partial charge in [-0.25, -0.2) is 4.98 Å². The van der Waals surface area contributed by atoms with Gasteiger partial charge in [0.25, 0.3) is 0 Å². The second kappa shape index (κ2) is 6.15. The molecule has 0 amide bonds. The zero-order valence-electron chi connectivity index (χ0n) is 11.5. The molecule has 0 saturated heterocycles. The lowest BCUT2D eigenvalue weighted by Crippen LogP contribution is -2.15. The molecule has 6 heteroatoms. The average molecular weight is 343 g/mol. The van der Waals surface area contributed by atoms with Crippen LogP contribution in [0.15, 0.2) is 10.7 Å². The number of aromatic nitrogens is 3. The summed E-state index contributed by atoms with van der Waals surface area (Å²) in [6.45, 7) is 7.08. The van der Waals surface area contributed by atoms with Crippen LogP contribution in [0.3, 0.4) is 0 Å². The molecule has 2 aromatic heterocycles. The van der Waals surface area contributed by atoms with E-state index in [-0.39, 0.29) is 6.04 Å². The van der Waals surface area contributed by atoms with Gasteiger partial charge in [0.2, 0.25) is 0 Å². The van der Waals surface area contributed by atoms with E-state index in [0.29, 0.717) is 0 Å². The summed E-state index contributed by atoms with van der Waals surface area (Å²) in [5, 5.41) is 5.66. The molecule has 0 aliphatic rings. The van der Waals surface area contributed by atoms with Crippen LogP contribution in [0.5, 0.6) is 0 Å². The largest absolute Gasteiger partial charge is 0.323 e. The van der Waals surface area contributed by atoms with Crippen molar-refractivity contribution in [3.05, 3.63) is 31.9 Å². The number of hydrogen-bond acceptors (Lipinski definition) is 4. The molecule has 0 bridgehead atoms. The molecule has 19 heavy (non-hydrogen) atoms. The van der Waals surface area contributed by atoms with Crippen molar-refractivity contribution in [3.63, 3.8) is 0 Å². The Morgan fingerprint density at radius 3 is 2.74 bits per heavy atom. The van der Waals surface area contributed by atoms with E-state index in [1.54, 1.807) is 11.3 Å². The van der Waals surface area contributed by atoms with Crippen molar-refractivity contribution in [2.24, 2.45) is 5.73 Å². The Bertz CT molecular complexity index is 561. The van der Waals surface area contributed by atoms with Crippen molar-refractivity contribution in [3.8, 4) is 0 Å². The highest BCUT2D eigenvalue weighted by atomic mass is 79.9. The fraction of sp³-hybridized carbons (Fsp3) is 0.538. The number of halogens is 1. The van der Waals surface area contributed by atoms with E-state index in [2.05, 4.69) is 39.9 Å². The van der Waals surface area contributed by atoms with Gasteiger partial charge >= 0.3 is 0 Å². The topological polar surface area (TPSA) is 56.7 Å². The van der Waals surface area contributed by atoms with E-state index in [1.807, 2.05) is 17.8 Å². The molecular formula is C13H19BrN4S. The first-order valence-electron chi connectivity index (χ1n) is 6.48. The van der Waals surface area contributed by atoms with Gasteiger partial charge in [-0.1, -0.05) is 6.92 Å². The van der Waals surface area contributed by atoms with Crippen LogP contribution < -0.4 is 5.73 Å². The van der Waals surface area contributed by atoms with Gasteiger partial charge in [-0.3, -0.25) is 4.68 Å². The standard InChI is InChI=1S/C13H19BrN4S/c1-4-10-13(14)11(18(5-2)17-10)6-9(15)12-7-16-8(3)19-12/h7,9H,4-6,15H2,1-3H3. The number of hydrogen-bond donors (Lipinski definition) is 1. The molecule has 2 heterocycles. The molecule has 2 aromatic rings. The van der Waals surface area contributed by atoms with Crippen molar-refractivity contribution in [1.82, 2.24) is 14.8 Å². The lowest BCUT2D eigenvalue weighted by atomic mass is 10.1. The normalized spacial score (nSPS) is 12.9. The summed E-state index contributed by atoms with van der Waals surface area (Å²) in [6, 6.07) is -0.0193. The van der Waals surface area contributed by atoms with Crippen molar-refractivity contribution in [2.75, 3.05) is 0 Å². The maximum atomic E-state index is 6.29. The minimum atomic E-state index is -0.0193. The Hall–Kier alpha value is -0.720. The maximum absolute atomic E-state index is 6.29. The number of thiazole rings is 1. The summed E-state index contributed by atoms with van der Waals surface area (Å²) in [7, 11) is 0. The van der Waals surface area contributed by atoms with Gasteiger partial charge in [-0.2, -0.15) is 5.10 Å². The smallest absolute Gasteiger partial charge is 0.0897 e. The SMILES string of the molecule is CCc1nn(CC)c(CC(N)c2cnc(C)s2)c1Br. The molecule has 4 nitrogen and oxygen atoms in total. The molecule has 0 aliphatic heterocycles.